The number of rotatable bonds is 5. The van der Waals surface area contributed by atoms with Gasteiger partial charge in [0.15, 0.2) is 0 Å². The van der Waals surface area contributed by atoms with Gasteiger partial charge in [-0.25, -0.2) is 0 Å². The maximum atomic E-state index is 11.7. The van der Waals surface area contributed by atoms with Gasteiger partial charge in [0.1, 0.15) is 12.4 Å². The number of hydrogen-bond acceptors (Lipinski definition) is 2. The smallest absolute Gasteiger partial charge is 0.490 e. The molecule has 2 nitrogen and oxygen atoms in total. The van der Waals surface area contributed by atoms with Crippen LogP contribution in [0.2, 0.25) is 0 Å². The van der Waals surface area contributed by atoms with Gasteiger partial charge < -0.3 is 4.74 Å². The van der Waals surface area contributed by atoms with Gasteiger partial charge in [0, 0.05) is 10.9 Å². The molecule has 0 spiro atoms. The molecule has 17 heavy (non-hydrogen) atoms. The monoisotopic (exact) mass is 376 g/mol. The Kier molecular flexibility index (Phi) is 5.75. The van der Waals surface area contributed by atoms with Gasteiger partial charge in [-0.2, -0.15) is 0 Å². The van der Waals surface area contributed by atoms with Crippen molar-refractivity contribution in [2.45, 2.75) is 11.7 Å². The molecule has 1 rings (SSSR count). The summed E-state index contributed by atoms with van der Waals surface area (Å²) < 4.78 is 44.7. The zero-order chi connectivity index (χ0) is 12.9. The van der Waals surface area contributed by atoms with Gasteiger partial charge in [0.2, 0.25) is 0 Å². The molecule has 0 saturated heterocycles. The van der Waals surface area contributed by atoms with Gasteiger partial charge in [-0.1, -0.05) is 28.1 Å². The van der Waals surface area contributed by atoms with E-state index in [0.717, 1.165) is 5.56 Å². The van der Waals surface area contributed by atoms with E-state index in [0.29, 0.717) is 15.6 Å². The molecular weight excluding hydrogens is 369 g/mol. The first-order valence-corrected chi connectivity index (χ1v) is 6.52. The van der Waals surface area contributed by atoms with E-state index in [4.69, 9.17) is 4.74 Å². The highest BCUT2D eigenvalue weighted by molar-refractivity contribution is 9.10. The maximum Gasteiger partial charge on any atom is 0.522 e. The molecule has 0 N–H and O–H groups in total. The first-order chi connectivity index (χ1) is 7.94. The third-order valence-corrected chi connectivity index (χ3v) is 3.02. The van der Waals surface area contributed by atoms with Crippen LogP contribution < -0.4 is 4.74 Å². The van der Waals surface area contributed by atoms with Gasteiger partial charge in [0.25, 0.3) is 0 Å². The molecule has 96 valence electrons. The lowest BCUT2D eigenvalue weighted by atomic mass is 10.2. The second-order valence-corrected chi connectivity index (χ2v) is 4.42. The molecule has 0 heterocycles. The summed E-state index contributed by atoms with van der Waals surface area (Å²) in [5.74, 6) is 0.523. The third-order valence-electron chi connectivity index (χ3n) is 1.79. The quantitative estimate of drug-likeness (QED) is 0.563. The molecule has 0 saturated carbocycles. The van der Waals surface area contributed by atoms with Crippen molar-refractivity contribution in [3.63, 3.8) is 0 Å². The Labute approximate surface area is 113 Å². The number of halogens is 5. The molecule has 0 unspecified atom stereocenters. The van der Waals surface area contributed by atoms with Gasteiger partial charge in [-0.15, -0.1) is 13.2 Å². The van der Waals surface area contributed by atoms with Gasteiger partial charge in [0.05, 0.1) is 11.1 Å². The number of alkyl halides is 4. The summed E-state index contributed by atoms with van der Waals surface area (Å²) in [7, 11) is 0. The number of para-hydroxylation sites is 1. The molecule has 0 bridgehead atoms. The van der Waals surface area contributed by atoms with E-state index in [1.807, 2.05) is 12.1 Å². The van der Waals surface area contributed by atoms with Gasteiger partial charge in [-0.05, 0) is 22.0 Å². The standard InChI is InChI=1S/C10H9Br2F3O2/c11-6-7-2-1-3-8(12)9(7)16-4-5-17-10(13,14)15/h1-3H,4-6H2. The molecule has 1 aromatic carbocycles. The van der Waals surface area contributed by atoms with Crippen LogP contribution in [0.25, 0.3) is 0 Å². The number of ether oxygens (including phenoxy) is 2. The molecule has 0 amide bonds. The Morgan fingerprint density at radius 2 is 1.88 bits per heavy atom. The predicted molar refractivity (Wildman–Crippen MR) is 64.3 cm³/mol. The molecule has 1 aromatic rings. The van der Waals surface area contributed by atoms with E-state index in [-0.39, 0.29) is 6.61 Å². The molecule has 0 aliphatic heterocycles. The first-order valence-electron chi connectivity index (χ1n) is 4.61. The normalized spacial score (nSPS) is 11.6. The average molecular weight is 378 g/mol. The number of hydrogen-bond donors (Lipinski definition) is 0. The summed E-state index contributed by atoms with van der Waals surface area (Å²) in [5, 5.41) is 0.557. The van der Waals surface area contributed by atoms with Crippen molar-refractivity contribution in [2.24, 2.45) is 0 Å². The van der Waals surface area contributed by atoms with E-state index < -0.39 is 13.0 Å². The summed E-state index contributed by atoms with van der Waals surface area (Å²) in [5.41, 5.74) is 0.853. The topological polar surface area (TPSA) is 18.5 Å². The highest BCUT2D eigenvalue weighted by Crippen LogP contribution is 2.30. The minimum atomic E-state index is -4.62. The third kappa shape index (κ3) is 5.27. The Morgan fingerprint density at radius 1 is 1.18 bits per heavy atom. The van der Waals surface area contributed by atoms with Crippen LogP contribution in [-0.2, 0) is 10.1 Å². The molecule has 0 radical (unpaired) electrons. The van der Waals surface area contributed by atoms with Crippen molar-refractivity contribution in [3.05, 3.63) is 28.2 Å². The van der Waals surface area contributed by atoms with Crippen LogP contribution in [0.15, 0.2) is 22.7 Å². The summed E-state index contributed by atoms with van der Waals surface area (Å²) in [6, 6.07) is 5.39. The SMILES string of the molecule is FC(F)(F)OCCOc1c(Br)cccc1CBr. The van der Waals surface area contributed by atoms with Crippen molar-refractivity contribution in [1.29, 1.82) is 0 Å². The Balaban J connectivity index is 2.52. The zero-order valence-electron chi connectivity index (χ0n) is 8.56. The van der Waals surface area contributed by atoms with Crippen LogP contribution in [0.5, 0.6) is 5.75 Å². The summed E-state index contributed by atoms with van der Waals surface area (Å²) in [6.07, 6.45) is -4.62. The maximum absolute atomic E-state index is 11.7. The molecular formula is C10H9Br2F3O2. The first kappa shape index (κ1) is 14.8. The highest BCUT2D eigenvalue weighted by Gasteiger charge is 2.28. The molecule has 0 fully saturated rings. The largest absolute Gasteiger partial charge is 0.522 e. The molecule has 0 atom stereocenters. The molecule has 0 aliphatic carbocycles. The summed E-state index contributed by atoms with van der Waals surface area (Å²) in [6.45, 7) is -0.700. The fraction of sp³-hybridized carbons (Fsp3) is 0.400. The zero-order valence-corrected chi connectivity index (χ0v) is 11.7. The minimum Gasteiger partial charge on any atom is -0.490 e. The molecule has 0 aromatic heterocycles. The van der Waals surface area contributed by atoms with E-state index in [1.54, 1.807) is 6.07 Å². The van der Waals surface area contributed by atoms with E-state index in [2.05, 4.69) is 36.6 Å². The number of benzene rings is 1. The van der Waals surface area contributed by atoms with Crippen molar-refractivity contribution in [1.82, 2.24) is 0 Å². The van der Waals surface area contributed by atoms with Crippen LogP contribution >= 0.6 is 31.9 Å². The predicted octanol–water partition coefficient (Wildman–Crippen LogP) is 4.26. The minimum absolute atomic E-state index is 0.165. The van der Waals surface area contributed by atoms with E-state index in [9.17, 15) is 13.2 Å². The lowest BCUT2D eigenvalue weighted by Gasteiger charge is -2.12. The van der Waals surface area contributed by atoms with Crippen molar-refractivity contribution in [2.75, 3.05) is 13.2 Å². The second-order valence-electron chi connectivity index (χ2n) is 3.00. The van der Waals surface area contributed by atoms with Gasteiger partial charge in [-0.3, -0.25) is 4.74 Å². The van der Waals surface area contributed by atoms with Crippen molar-refractivity contribution < 1.29 is 22.6 Å². The highest BCUT2D eigenvalue weighted by atomic mass is 79.9. The Bertz CT molecular complexity index is 369. The average Bonchev–Trinajstić information content (AvgIpc) is 2.24. The van der Waals surface area contributed by atoms with Crippen LogP contribution in [0.1, 0.15) is 5.56 Å². The van der Waals surface area contributed by atoms with Crippen LogP contribution in [-0.4, -0.2) is 19.6 Å². The fourth-order valence-corrected chi connectivity index (χ4v) is 2.08. The van der Waals surface area contributed by atoms with Gasteiger partial charge >= 0.3 is 6.36 Å². The molecule has 7 heteroatoms. The van der Waals surface area contributed by atoms with Crippen LogP contribution in [0, 0.1) is 0 Å². The van der Waals surface area contributed by atoms with Crippen molar-refractivity contribution in [3.8, 4) is 5.75 Å². The van der Waals surface area contributed by atoms with E-state index >= 15 is 0 Å². The fourth-order valence-electron chi connectivity index (χ4n) is 1.12. The van der Waals surface area contributed by atoms with E-state index in [1.165, 1.54) is 0 Å². The Morgan fingerprint density at radius 3 is 2.47 bits per heavy atom. The molecule has 0 aliphatic rings. The lowest BCUT2D eigenvalue weighted by Crippen LogP contribution is -2.18. The summed E-state index contributed by atoms with van der Waals surface area (Å²) >= 11 is 6.54. The summed E-state index contributed by atoms with van der Waals surface area (Å²) in [4.78, 5) is 0. The van der Waals surface area contributed by atoms with Crippen LogP contribution in [0.3, 0.4) is 0 Å². The lowest BCUT2D eigenvalue weighted by molar-refractivity contribution is -0.325. The Hall–Kier alpha value is -0.270. The van der Waals surface area contributed by atoms with Crippen molar-refractivity contribution >= 4 is 31.9 Å². The second kappa shape index (κ2) is 6.61. The van der Waals surface area contributed by atoms with Crippen LogP contribution in [0.4, 0.5) is 13.2 Å².